The number of carbonyl (C=O) groups is 1. The second-order valence-corrected chi connectivity index (χ2v) is 5.03. The minimum atomic E-state index is -0.268. The van der Waals surface area contributed by atoms with Gasteiger partial charge in [0.15, 0.2) is 0 Å². The molecule has 0 saturated heterocycles. The van der Waals surface area contributed by atoms with Crippen LogP contribution in [0.2, 0.25) is 0 Å². The molecule has 1 N–H and O–H groups in total. The summed E-state index contributed by atoms with van der Waals surface area (Å²) < 4.78 is 10.9. The molecular weight excluding hydrogens is 290 g/mol. The minimum Gasteiger partial charge on any atom is -0.496 e. The van der Waals surface area contributed by atoms with Crippen LogP contribution in [0.5, 0.6) is 11.5 Å². The summed E-state index contributed by atoms with van der Waals surface area (Å²) in [6.07, 6.45) is 0. The Morgan fingerprint density at radius 3 is 2.30 bits per heavy atom. The van der Waals surface area contributed by atoms with E-state index in [9.17, 15) is 4.79 Å². The van der Waals surface area contributed by atoms with Crippen molar-refractivity contribution in [2.24, 2.45) is 0 Å². The number of hydrogen-bond donors (Lipinski definition) is 1. The highest BCUT2D eigenvalue weighted by molar-refractivity contribution is 6.12. The maximum absolute atomic E-state index is 12.7. The van der Waals surface area contributed by atoms with Crippen molar-refractivity contribution >= 4 is 22.4 Å². The molecule has 0 heterocycles. The number of carbonyl (C=O) groups excluding carboxylic acids is 1. The first-order chi connectivity index (χ1) is 11.2. The Morgan fingerprint density at radius 1 is 0.913 bits per heavy atom. The molecule has 0 atom stereocenters. The summed E-state index contributed by atoms with van der Waals surface area (Å²) in [5.74, 6) is 0.720. The Bertz CT molecular complexity index is 844. The highest BCUT2D eigenvalue weighted by Gasteiger charge is 2.21. The lowest BCUT2D eigenvalue weighted by atomic mass is 10.0. The molecule has 0 aliphatic heterocycles. The van der Waals surface area contributed by atoms with Gasteiger partial charge >= 0.3 is 0 Å². The molecule has 0 unspecified atom stereocenters. The van der Waals surface area contributed by atoms with E-state index in [0.717, 1.165) is 16.5 Å². The SMILES string of the molecule is COc1cc2ccccc2c(OC)c1C(=O)Nc1ccccc1. The number of methoxy groups -OCH3 is 2. The van der Waals surface area contributed by atoms with E-state index in [1.165, 1.54) is 0 Å². The van der Waals surface area contributed by atoms with Crippen LogP contribution < -0.4 is 14.8 Å². The molecule has 0 aliphatic rings. The van der Waals surface area contributed by atoms with Crippen LogP contribution in [0.25, 0.3) is 10.8 Å². The van der Waals surface area contributed by atoms with E-state index in [0.29, 0.717) is 17.1 Å². The van der Waals surface area contributed by atoms with Crippen molar-refractivity contribution in [3.8, 4) is 11.5 Å². The molecule has 3 aromatic carbocycles. The maximum Gasteiger partial charge on any atom is 0.263 e. The van der Waals surface area contributed by atoms with E-state index in [-0.39, 0.29) is 5.91 Å². The van der Waals surface area contributed by atoms with Crippen molar-refractivity contribution in [3.63, 3.8) is 0 Å². The van der Waals surface area contributed by atoms with Gasteiger partial charge in [-0.15, -0.1) is 0 Å². The van der Waals surface area contributed by atoms with Gasteiger partial charge in [0.25, 0.3) is 5.91 Å². The summed E-state index contributed by atoms with van der Waals surface area (Å²) in [7, 11) is 3.10. The van der Waals surface area contributed by atoms with Crippen molar-refractivity contribution < 1.29 is 14.3 Å². The van der Waals surface area contributed by atoms with Crippen LogP contribution in [0, 0.1) is 0 Å². The van der Waals surface area contributed by atoms with E-state index in [1.54, 1.807) is 14.2 Å². The summed E-state index contributed by atoms with van der Waals surface area (Å²) in [5.41, 5.74) is 1.10. The lowest BCUT2D eigenvalue weighted by molar-refractivity contribution is 0.102. The Labute approximate surface area is 134 Å². The van der Waals surface area contributed by atoms with E-state index < -0.39 is 0 Å². The molecule has 0 bridgehead atoms. The molecule has 0 aromatic heterocycles. The van der Waals surface area contributed by atoms with Gasteiger partial charge in [-0.1, -0.05) is 42.5 Å². The summed E-state index contributed by atoms with van der Waals surface area (Å²) in [6, 6.07) is 18.9. The number of ether oxygens (including phenoxy) is 2. The van der Waals surface area contributed by atoms with Crippen LogP contribution in [0.4, 0.5) is 5.69 Å². The van der Waals surface area contributed by atoms with Crippen molar-refractivity contribution in [1.82, 2.24) is 0 Å². The van der Waals surface area contributed by atoms with Crippen LogP contribution in [-0.4, -0.2) is 20.1 Å². The van der Waals surface area contributed by atoms with Gasteiger partial charge in [-0.3, -0.25) is 4.79 Å². The average molecular weight is 307 g/mol. The third-order valence-corrected chi connectivity index (χ3v) is 3.65. The van der Waals surface area contributed by atoms with Crippen molar-refractivity contribution in [2.45, 2.75) is 0 Å². The zero-order valence-electron chi connectivity index (χ0n) is 13.0. The summed E-state index contributed by atoms with van der Waals surface area (Å²) in [5, 5.41) is 4.70. The van der Waals surface area contributed by atoms with Gasteiger partial charge in [-0.2, -0.15) is 0 Å². The van der Waals surface area contributed by atoms with E-state index in [4.69, 9.17) is 9.47 Å². The summed E-state index contributed by atoms with van der Waals surface area (Å²) in [6.45, 7) is 0. The second-order valence-electron chi connectivity index (χ2n) is 5.03. The lowest BCUT2D eigenvalue weighted by Gasteiger charge is -2.16. The lowest BCUT2D eigenvalue weighted by Crippen LogP contribution is -2.14. The third kappa shape index (κ3) is 2.83. The summed E-state index contributed by atoms with van der Waals surface area (Å²) >= 11 is 0. The van der Waals surface area contributed by atoms with Gasteiger partial charge in [0.05, 0.1) is 14.2 Å². The molecular formula is C19H17NO3. The van der Waals surface area contributed by atoms with Gasteiger partial charge in [-0.25, -0.2) is 0 Å². The number of benzene rings is 3. The van der Waals surface area contributed by atoms with Gasteiger partial charge < -0.3 is 14.8 Å². The molecule has 0 saturated carbocycles. The van der Waals surface area contributed by atoms with Crippen molar-refractivity contribution in [1.29, 1.82) is 0 Å². The molecule has 1 amide bonds. The summed E-state index contributed by atoms with van der Waals surface area (Å²) in [4.78, 5) is 12.7. The zero-order valence-corrected chi connectivity index (χ0v) is 13.0. The first kappa shape index (κ1) is 14.9. The normalized spacial score (nSPS) is 10.3. The predicted octanol–water partition coefficient (Wildman–Crippen LogP) is 4.11. The number of fused-ring (bicyclic) bond motifs is 1. The van der Waals surface area contributed by atoms with Crippen LogP contribution in [0.1, 0.15) is 10.4 Å². The van der Waals surface area contributed by atoms with Crippen molar-refractivity contribution in [2.75, 3.05) is 19.5 Å². The molecule has 3 aromatic rings. The van der Waals surface area contributed by atoms with Crippen molar-refractivity contribution in [3.05, 3.63) is 66.2 Å². The van der Waals surface area contributed by atoms with Crippen LogP contribution in [0.3, 0.4) is 0 Å². The van der Waals surface area contributed by atoms with E-state index in [2.05, 4.69) is 5.32 Å². The zero-order chi connectivity index (χ0) is 16.2. The molecule has 23 heavy (non-hydrogen) atoms. The Kier molecular flexibility index (Phi) is 4.15. The van der Waals surface area contributed by atoms with E-state index in [1.807, 2.05) is 60.7 Å². The standard InChI is InChI=1S/C19H17NO3/c1-22-16-12-13-8-6-7-11-15(13)18(23-2)17(16)19(21)20-14-9-4-3-5-10-14/h3-12H,1-2H3,(H,20,21). The highest BCUT2D eigenvalue weighted by atomic mass is 16.5. The average Bonchev–Trinajstić information content (AvgIpc) is 2.60. The van der Waals surface area contributed by atoms with E-state index >= 15 is 0 Å². The fourth-order valence-corrected chi connectivity index (χ4v) is 2.59. The molecule has 0 fully saturated rings. The number of rotatable bonds is 4. The number of amides is 1. The minimum absolute atomic E-state index is 0.268. The molecule has 0 radical (unpaired) electrons. The number of para-hydroxylation sites is 1. The Morgan fingerprint density at radius 2 is 1.61 bits per heavy atom. The fraction of sp³-hybridized carbons (Fsp3) is 0.105. The Balaban J connectivity index is 2.13. The van der Waals surface area contributed by atoms with Crippen LogP contribution in [-0.2, 0) is 0 Å². The molecule has 4 heteroatoms. The smallest absolute Gasteiger partial charge is 0.263 e. The fourth-order valence-electron chi connectivity index (χ4n) is 2.59. The quantitative estimate of drug-likeness (QED) is 0.789. The molecule has 0 spiro atoms. The first-order valence-corrected chi connectivity index (χ1v) is 7.24. The number of nitrogens with one attached hydrogen (secondary N) is 1. The maximum atomic E-state index is 12.7. The molecule has 0 aliphatic carbocycles. The van der Waals surface area contributed by atoms with Crippen LogP contribution in [0.15, 0.2) is 60.7 Å². The van der Waals surface area contributed by atoms with Gasteiger partial charge in [0.2, 0.25) is 0 Å². The predicted molar refractivity (Wildman–Crippen MR) is 91.4 cm³/mol. The first-order valence-electron chi connectivity index (χ1n) is 7.24. The Hall–Kier alpha value is -3.01. The monoisotopic (exact) mass is 307 g/mol. The molecule has 3 rings (SSSR count). The van der Waals surface area contributed by atoms with Crippen LogP contribution >= 0.6 is 0 Å². The van der Waals surface area contributed by atoms with Gasteiger partial charge in [0, 0.05) is 11.1 Å². The molecule has 116 valence electrons. The highest BCUT2D eigenvalue weighted by Crippen LogP contribution is 2.37. The van der Waals surface area contributed by atoms with Gasteiger partial charge in [0.1, 0.15) is 17.1 Å². The second kappa shape index (κ2) is 6.40. The third-order valence-electron chi connectivity index (χ3n) is 3.65. The molecule has 4 nitrogen and oxygen atoms in total. The van der Waals surface area contributed by atoms with Gasteiger partial charge in [-0.05, 0) is 23.6 Å². The topological polar surface area (TPSA) is 47.6 Å². The largest absolute Gasteiger partial charge is 0.496 e. The number of hydrogen-bond acceptors (Lipinski definition) is 3. The number of anilines is 1.